The topological polar surface area (TPSA) is 88.7 Å². The molecule has 8 nitrogen and oxygen atoms in total. The van der Waals surface area contributed by atoms with Crippen molar-refractivity contribution >= 4 is 23.7 Å². The number of H-pyrrole nitrogens is 1. The fraction of sp³-hybridized carbons (Fsp3) is 0.100. The molecule has 0 saturated carbocycles. The molecule has 0 radical (unpaired) electrons. The van der Waals surface area contributed by atoms with Gasteiger partial charge in [-0.15, -0.1) is 12.4 Å². The van der Waals surface area contributed by atoms with Gasteiger partial charge in [0.1, 0.15) is 29.4 Å². The molecule has 5 rings (SSSR count). The van der Waals surface area contributed by atoms with Crippen molar-refractivity contribution in [3.8, 4) is 22.6 Å². The molecule has 4 heterocycles. The number of imidazole rings is 1. The minimum atomic E-state index is -0.267. The van der Waals surface area contributed by atoms with Crippen LogP contribution in [-0.2, 0) is 13.6 Å². The highest BCUT2D eigenvalue weighted by Crippen LogP contribution is 2.29. The first-order valence-corrected chi connectivity index (χ1v) is 9.04. The zero-order chi connectivity index (χ0) is 19.8. The van der Waals surface area contributed by atoms with Crippen LogP contribution in [0.2, 0.25) is 0 Å². The first-order chi connectivity index (χ1) is 14.2. The monoisotopic (exact) mass is 424 g/mol. The third-order valence-electron chi connectivity index (χ3n) is 4.58. The Bertz CT molecular complexity index is 1290. The summed E-state index contributed by atoms with van der Waals surface area (Å²) >= 11 is 0. The van der Waals surface area contributed by atoms with Crippen LogP contribution in [0.3, 0.4) is 0 Å². The number of nitrogens with one attached hydrogen (secondary N) is 2. The van der Waals surface area contributed by atoms with Crippen LogP contribution < -0.4 is 5.32 Å². The lowest BCUT2D eigenvalue weighted by molar-refractivity contribution is 0.628. The maximum atomic E-state index is 13.1. The second-order valence-corrected chi connectivity index (χ2v) is 6.62. The number of pyridine rings is 1. The van der Waals surface area contributed by atoms with E-state index in [1.165, 1.54) is 18.5 Å². The fourth-order valence-corrected chi connectivity index (χ4v) is 3.16. The number of benzene rings is 1. The number of aromatic nitrogens is 7. The molecule has 0 aliphatic heterocycles. The van der Waals surface area contributed by atoms with E-state index in [1.807, 2.05) is 37.6 Å². The van der Waals surface area contributed by atoms with Crippen molar-refractivity contribution < 1.29 is 4.39 Å². The Hall–Kier alpha value is -3.72. The van der Waals surface area contributed by atoms with Crippen molar-refractivity contribution in [3.63, 3.8) is 0 Å². The molecule has 0 spiro atoms. The average Bonchev–Trinajstić information content (AvgIpc) is 3.46. The lowest BCUT2D eigenvalue weighted by Crippen LogP contribution is -2.01. The van der Waals surface area contributed by atoms with Crippen molar-refractivity contribution in [1.82, 2.24) is 34.3 Å². The number of nitrogens with zero attached hydrogens (tertiary/aromatic N) is 6. The highest BCUT2D eigenvalue weighted by molar-refractivity contribution is 5.85. The van der Waals surface area contributed by atoms with Crippen LogP contribution in [0.1, 0.15) is 5.82 Å². The van der Waals surface area contributed by atoms with E-state index in [0.29, 0.717) is 6.54 Å². The van der Waals surface area contributed by atoms with Crippen LogP contribution in [0.15, 0.2) is 61.2 Å². The van der Waals surface area contributed by atoms with E-state index in [2.05, 4.69) is 25.5 Å². The van der Waals surface area contributed by atoms with Gasteiger partial charge in [-0.25, -0.2) is 18.9 Å². The number of aromatic amines is 1. The summed E-state index contributed by atoms with van der Waals surface area (Å²) in [6.45, 7) is 0.455. The van der Waals surface area contributed by atoms with Gasteiger partial charge >= 0.3 is 0 Å². The normalized spacial score (nSPS) is 10.9. The summed E-state index contributed by atoms with van der Waals surface area (Å²) in [6.07, 6.45) is 5.30. The molecule has 0 aliphatic rings. The Morgan fingerprint density at radius 1 is 1.10 bits per heavy atom. The number of fused-ring (bicyclic) bond motifs is 1. The second-order valence-electron chi connectivity index (χ2n) is 6.62. The Balaban J connectivity index is 0.00000218. The molecule has 2 N–H and O–H groups in total. The molecule has 152 valence electrons. The second kappa shape index (κ2) is 7.96. The van der Waals surface area contributed by atoms with Crippen molar-refractivity contribution in [1.29, 1.82) is 0 Å². The van der Waals surface area contributed by atoms with E-state index in [-0.39, 0.29) is 18.2 Å². The van der Waals surface area contributed by atoms with Crippen LogP contribution in [0, 0.1) is 5.82 Å². The molecule has 4 aromatic heterocycles. The largest absolute Gasteiger partial charge is 0.378 e. The maximum absolute atomic E-state index is 13.1. The molecule has 5 aromatic rings. The number of hydrogen-bond donors (Lipinski definition) is 2. The summed E-state index contributed by atoms with van der Waals surface area (Å²) in [5.41, 5.74) is 4.87. The van der Waals surface area contributed by atoms with Gasteiger partial charge in [0.25, 0.3) is 0 Å². The number of rotatable bonds is 5. The highest BCUT2D eigenvalue weighted by atomic mass is 35.5. The van der Waals surface area contributed by atoms with Gasteiger partial charge < -0.3 is 10.3 Å². The van der Waals surface area contributed by atoms with E-state index in [4.69, 9.17) is 4.98 Å². The molecular weight excluding hydrogens is 407 g/mol. The van der Waals surface area contributed by atoms with Gasteiger partial charge in [0.15, 0.2) is 5.65 Å². The average molecular weight is 425 g/mol. The Morgan fingerprint density at radius 3 is 2.70 bits per heavy atom. The molecule has 0 amide bonds. The molecule has 0 bridgehead atoms. The third-order valence-corrected chi connectivity index (χ3v) is 4.58. The van der Waals surface area contributed by atoms with Gasteiger partial charge in [0.2, 0.25) is 0 Å². The summed E-state index contributed by atoms with van der Waals surface area (Å²) < 4.78 is 16.6. The minimum absolute atomic E-state index is 0. The highest BCUT2D eigenvalue weighted by Gasteiger charge is 2.17. The van der Waals surface area contributed by atoms with Crippen LogP contribution in [0.4, 0.5) is 10.1 Å². The smallest absolute Gasteiger partial charge is 0.155 e. The number of aryl methyl sites for hydroxylation is 1. The summed E-state index contributed by atoms with van der Waals surface area (Å²) in [4.78, 5) is 12.3. The molecule has 0 fully saturated rings. The Kier molecular flexibility index (Phi) is 5.20. The zero-order valence-electron chi connectivity index (χ0n) is 16.0. The third kappa shape index (κ3) is 3.74. The molecule has 1 aromatic carbocycles. The van der Waals surface area contributed by atoms with E-state index < -0.39 is 0 Å². The van der Waals surface area contributed by atoms with Gasteiger partial charge in [-0.2, -0.15) is 10.2 Å². The van der Waals surface area contributed by atoms with Crippen molar-refractivity contribution in [2.24, 2.45) is 7.05 Å². The Morgan fingerprint density at radius 2 is 1.93 bits per heavy atom. The van der Waals surface area contributed by atoms with Crippen LogP contribution >= 0.6 is 12.4 Å². The molecule has 0 atom stereocenters. The summed E-state index contributed by atoms with van der Waals surface area (Å²) in [5, 5.41) is 12.0. The standard InChI is InChI=1S/C20H17FN8.ClH/c1-28-9-8-16(27-28)20-19(13-2-7-18-23-12-24-29(18)11-13)25-17(26-20)10-22-15-5-3-14(21)4-6-15;/h2-9,11-12,22H,10H2,1H3,(H,25,26);1H. The Labute approximate surface area is 177 Å². The van der Waals surface area contributed by atoms with Gasteiger partial charge in [-0.1, -0.05) is 0 Å². The fourth-order valence-electron chi connectivity index (χ4n) is 3.16. The molecule has 30 heavy (non-hydrogen) atoms. The molecule has 10 heteroatoms. The quantitative estimate of drug-likeness (QED) is 0.449. The number of anilines is 1. The first-order valence-electron chi connectivity index (χ1n) is 9.04. The lowest BCUT2D eigenvalue weighted by atomic mass is 10.1. The molecular formula is C20H18ClFN8. The zero-order valence-corrected chi connectivity index (χ0v) is 16.8. The molecule has 0 aliphatic carbocycles. The van der Waals surface area contributed by atoms with Gasteiger partial charge in [-0.3, -0.25) is 4.68 Å². The number of halogens is 2. The lowest BCUT2D eigenvalue weighted by Gasteiger charge is -2.04. The maximum Gasteiger partial charge on any atom is 0.155 e. The van der Waals surface area contributed by atoms with Crippen LogP contribution in [0.25, 0.3) is 28.3 Å². The van der Waals surface area contributed by atoms with Crippen LogP contribution in [-0.4, -0.2) is 34.3 Å². The summed E-state index contributed by atoms with van der Waals surface area (Å²) in [5.74, 6) is 0.473. The summed E-state index contributed by atoms with van der Waals surface area (Å²) in [6, 6.07) is 12.0. The van der Waals surface area contributed by atoms with E-state index in [9.17, 15) is 4.39 Å². The van der Waals surface area contributed by atoms with Gasteiger partial charge in [0, 0.05) is 30.7 Å². The first kappa shape index (κ1) is 19.6. The van der Waals surface area contributed by atoms with E-state index >= 15 is 0 Å². The molecule has 0 unspecified atom stereocenters. The predicted octanol–water partition coefficient (Wildman–Crippen LogP) is 3.69. The number of hydrogen-bond acceptors (Lipinski definition) is 5. The van der Waals surface area contributed by atoms with Crippen LogP contribution in [0.5, 0.6) is 0 Å². The van der Waals surface area contributed by atoms with Gasteiger partial charge in [0.05, 0.1) is 12.2 Å². The van der Waals surface area contributed by atoms with E-state index in [1.54, 1.807) is 21.3 Å². The minimum Gasteiger partial charge on any atom is -0.378 e. The SMILES string of the molecule is Cl.Cn1ccc(-c2nc(CNc3ccc(F)cc3)[nH]c2-c2ccc3ncnn3c2)n1. The predicted molar refractivity (Wildman–Crippen MR) is 114 cm³/mol. The van der Waals surface area contributed by atoms with Gasteiger partial charge in [-0.05, 0) is 42.5 Å². The van der Waals surface area contributed by atoms with Crippen molar-refractivity contribution in [2.45, 2.75) is 6.54 Å². The van der Waals surface area contributed by atoms with Crippen molar-refractivity contribution in [2.75, 3.05) is 5.32 Å². The molecule has 0 saturated heterocycles. The summed E-state index contributed by atoms with van der Waals surface area (Å²) in [7, 11) is 1.87. The van der Waals surface area contributed by atoms with Crippen molar-refractivity contribution in [3.05, 3.63) is 72.8 Å². The van der Waals surface area contributed by atoms with E-state index in [0.717, 1.165) is 39.8 Å².